The third-order valence-electron chi connectivity index (χ3n) is 2.67. The minimum absolute atomic E-state index is 0.132. The van der Waals surface area contributed by atoms with Crippen LogP contribution < -0.4 is 10.6 Å². The Morgan fingerprint density at radius 2 is 2.21 bits per heavy atom. The van der Waals surface area contributed by atoms with Crippen molar-refractivity contribution in [3.05, 3.63) is 17.5 Å². The number of rotatable bonds is 7. The van der Waals surface area contributed by atoms with E-state index in [0.29, 0.717) is 24.8 Å². The van der Waals surface area contributed by atoms with Gasteiger partial charge in [0.15, 0.2) is 0 Å². The molecule has 0 aliphatic carbocycles. The molecule has 106 valence electrons. The van der Waals surface area contributed by atoms with Crippen LogP contribution in [0.1, 0.15) is 36.5 Å². The van der Waals surface area contributed by atoms with Crippen molar-refractivity contribution >= 4 is 11.9 Å². The zero-order valence-corrected chi connectivity index (χ0v) is 12.0. The molecule has 1 atom stereocenters. The minimum atomic E-state index is -0.172. The second kappa shape index (κ2) is 7.68. The summed E-state index contributed by atoms with van der Waals surface area (Å²) in [4.78, 5) is 20.4. The van der Waals surface area contributed by atoms with Crippen LogP contribution in [0.5, 0.6) is 0 Å². The average Bonchev–Trinajstić information content (AvgIpc) is 2.38. The van der Waals surface area contributed by atoms with Gasteiger partial charge in [0.25, 0.3) is 5.91 Å². The van der Waals surface area contributed by atoms with Crippen LogP contribution in [0.2, 0.25) is 0 Å². The van der Waals surface area contributed by atoms with Crippen molar-refractivity contribution in [1.82, 2.24) is 15.3 Å². The van der Waals surface area contributed by atoms with Gasteiger partial charge in [-0.05, 0) is 26.3 Å². The molecule has 0 aromatic carbocycles. The molecule has 1 aromatic rings. The molecule has 0 bridgehead atoms. The molecular formula is C13H22N4O2. The summed E-state index contributed by atoms with van der Waals surface area (Å²) in [6.07, 6.45) is 0.884. The van der Waals surface area contributed by atoms with Crippen molar-refractivity contribution in [2.45, 2.75) is 33.2 Å². The highest BCUT2D eigenvalue weighted by molar-refractivity contribution is 5.92. The van der Waals surface area contributed by atoms with E-state index in [-0.39, 0.29) is 11.9 Å². The molecule has 6 nitrogen and oxygen atoms in total. The second-order valence-electron chi connectivity index (χ2n) is 4.42. The summed E-state index contributed by atoms with van der Waals surface area (Å²) in [6.45, 7) is 6.99. The number of aryl methyl sites for hydroxylation is 1. The van der Waals surface area contributed by atoms with Gasteiger partial charge >= 0.3 is 0 Å². The fourth-order valence-corrected chi connectivity index (χ4v) is 1.43. The molecule has 0 saturated heterocycles. The maximum atomic E-state index is 12.0. The lowest BCUT2D eigenvalue weighted by Crippen LogP contribution is -2.32. The van der Waals surface area contributed by atoms with Crippen LogP contribution in [0.25, 0.3) is 0 Å². The zero-order chi connectivity index (χ0) is 14.3. The topological polar surface area (TPSA) is 76.1 Å². The van der Waals surface area contributed by atoms with E-state index in [0.717, 1.165) is 12.1 Å². The number of nitrogens with zero attached hydrogens (tertiary/aromatic N) is 2. The van der Waals surface area contributed by atoms with E-state index in [1.165, 1.54) is 0 Å². The SMILES string of the molecule is CCC(C)NC(=O)c1cc(C)nc(NCCOC)n1. The number of carbonyl (C=O) groups is 1. The fourth-order valence-electron chi connectivity index (χ4n) is 1.43. The molecule has 1 rings (SSSR count). The van der Waals surface area contributed by atoms with Gasteiger partial charge in [0.2, 0.25) is 5.95 Å². The fraction of sp³-hybridized carbons (Fsp3) is 0.615. The van der Waals surface area contributed by atoms with Crippen molar-refractivity contribution in [2.75, 3.05) is 25.6 Å². The monoisotopic (exact) mass is 266 g/mol. The van der Waals surface area contributed by atoms with Crippen LogP contribution in [0, 0.1) is 6.92 Å². The molecule has 1 heterocycles. The molecule has 1 unspecified atom stereocenters. The summed E-state index contributed by atoms with van der Waals surface area (Å²) in [5, 5.41) is 5.91. The maximum Gasteiger partial charge on any atom is 0.270 e. The lowest BCUT2D eigenvalue weighted by atomic mass is 10.2. The van der Waals surface area contributed by atoms with E-state index in [1.54, 1.807) is 13.2 Å². The molecule has 19 heavy (non-hydrogen) atoms. The van der Waals surface area contributed by atoms with Gasteiger partial charge in [-0.2, -0.15) is 0 Å². The van der Waals surface area contributed by atoms with Crippen LogP contribution in [-0.2, 0) is 4.74 Å². The van der Waals surface area contributed by atoms with Crippen LogP contribution in [0.15, 0.2) is 6.07 Å². The highest BCUT2D eigenvalue weighted by atomic mass is 16.5. The van der Waals surface area contributed by atoms with Gasteiger partial charge < -0.3 is 15.4 Å². The Kier molecular flexibility index (Phi) is 6.21. The number of nitrogens with one attached hydrogen (secondary N) is 2. The van der Waals surface area contributed by atoms with Crippen molar-refractivity contribution in [2.24, 2.45) is 0 Å². The molecule has 0 aliphatic rings. The van der Waals surface area contributed by atoms with Crippen molar-refractivity contribution in [3.63, 3.8) is 0 Å². The van der Waals surface area contributed by atoms with E-state index >= 15 is 0 Å². The Morgan fingerprint density at radius 3 is 2.84 bits per heavy atom. The van der Waals surface area contributed by atoms with Gasteiger partial charge in [-0.1, -0.05) is 6.92 Å². The molecule has 1 aromatic heterocycles. The van der Waals surface area contributed by atoms with E-state index in [1.807, 2.05) is 20.8 Å². The van der Waals surface area contributed by atoms with Gasteiger partial charge in [-0.3, -0.25) is 4.79 Å². The number of ether oxygens (including phenoxy) is 1. The number of amides is 1. The summed E-state index contributed by atoms with van der Waals surface area (Å²) >= 11 is 0. The molecular weight excluding hydrogens is 244 g/mol. The Hall–Kier alpha value is -1.69. The third-order valence-corrected chi connectivity index (χ3v) is 2.67. The van der Waals surface area contributed by atoms with E-state index in [9.17, 15) is 4.79 Å². The Morgan fingerprint density at radius 1 is 1.47 bits per heavy atom. The van der Waals surface area contributed by atoms with Gasteiger partial charge in [0.1, 0.15) is 5.69 Å². The Bertz CT molecular complexity index is 423. The van der Waals surface area contributed by atoms with Crippen LogP contribution in [0.4, 0.5) is 5.95 Å². The quantitative estimate of drug-likeness (QED) is 0.729. The molecule has 0 saturated carbocycles. The largest absolute Gasteiger partial charge is 0.383 e. The summed E-state index contributed by atoms with van der Waals surface area (Å²) in [7, 11) is 1.63. The van der Waals surface area contributed by atoms with E-state index < -0.39 is 0 Å². The smallest absolute Gasteiger partial charge is 0.270 e. The lowest BCUT2D eigenvalue weighted by Gasteiger charge is -2.12. The summed E-state index contributed by atoms with van der Waals surface area (Å²) in [6, 6.07) is 1.81. The summed E-state index contributed by atoms with van der Waals surface area (Å²) in [5.41, 5.74) is 1.14. The molecule has 0 radical (unpaired) electrons. The lowest BCUT2D eigenvalue weighted by molar-refractivity contribution is 0.0934. The highest BCUT2D eigenvalue weighted by Crippen LogP contribution is 2.05. The number of aromatic nitrogens is 2. The minimum Gasteiger partial charge on any atom is -0.383 e. The highest BCUT2D eigenvalue weighted by Gasteiger charge is 2.12. The zero-order valence-electron chi connectivity index (χ0n) is 12.0. The number of carbonyl (C=O) groups excluding carboxylic acids is 1. The molecule has 6 heteroatoms. The maximum absolute atomic E-state index is 12.0. The Labute approximate surface area is 114 Å². The van der Waals surface area contributed by atoms with Crippen LogP contribution in [0.3, 0.4) is 0 Å². The van der Waals surface area contributed by atoms with Crippen molar-refractivity contribution < 1.29 is 9.53 Å². The van der Waals surface area contributed by atoms with Crippen LogP contribution in [-0.4, -0.2) is 42.2 Å². The average molecular weight is 266 g/mol. The second-order valence-corrected chi connectivity index (χ2v) is 4.42. The number of anilines is 1. The number of hydrogen-bond donors (Lipinski definition) is 2. The predicted octanol–water partition coefficient (Wildman–Crippen LogP) is 1.37. The van der Waals surface area contributed by atoms with E-state index in [4.69, 9.17) is 4.74 Å². The first kappa shape index (κ1) is 15.4. The molecule has 0 aliphatic heterocycles. The van der Waals surface area contributed by atoms with Gasteiger partial charge in [0, 0.05) is 25.4 Å². The van der Waals surface area contributed by atoms with E-state index in [2.05, 4.69) is 20.6 Å². The third kappa shape index (κ3) is 5.21. The first-order valence-electron chi connectivity index (χ1n) is 6.46. The predicted molar refractivity (Wildman–Crippen MR) is 74.4 cm³/mol. The summed E-state index contributed by atoms with van der Waals surface area (Å²) < 4.78 is 4.94. The normalized spacial score (nSPS) is 12.0. The van der Waals surface area contributed by atoms with Gasteiger partial charge in [-0.15, -0.1) is 0 Å². The first-order valence-corrected chi connectivity index (χ1v) is 6.46. The molecule has 0 spiro atoms. The Balaban J connectivity index is 2.75. The molecule has 2 N–H and O–H groups in total. The molecule has 1 amide bonds. The van der Waals surface area contributed by atoms with Crippen molar-refractivity contribution in [3.8, 4) is 0 Å². The van der Waals surface area contributed by atoms with Crippen molar-refractivity contribution in [1.29, 1.82) is 0 Å². The van der Waals surface area contributed by atoms with Gasteiger partial charge in [0.05, 0.1) is 6.61 Å². The number of methoxy groups -OCH3 is 1. The number of hydrogen-bond acceptors (Lipinski definition) is 5. The first-order chi connectivity index (χ1) is 9.06. The summed E-state index contributed by atoms with van der Waals surface area (Å²) in [5.74, 6) is 0.279. The molecule has 0 fully saturated rings. The van der Waals surface area contributed by atoms with Crippen LogP contribution >= 0.6 is 0 Å². The van der Waals surface area contributed by atoms with Gasteiger partial charge in [-0.25, -0.2) is 9.97 Å². The standard InChI is InChI=1S/C13H22N4O2/c1-5-9(2)15-12(18)11-8-10(3)16-13(17-11)14-6-7-19-4/h8-9H,5-7H2,1-4H3,(H,15,18)(H,14,16,17).